The van der Waals surface area contributed by atoms with Gasteiger partial charge in [0.2, 0.25) is 5.91 Å². The highest BCUT2D eigenvalue weighted by Gasteiger charge is 2.29. The molecule has 2 aliphatic heterocycles. The SMILES string of the molecule is O=C(CN1C(=O)COc2ccccc21)N1CCN(Cc2cccnc2)CC1. The van der Waals surface area contributed by atoms with E-state index in [1.54, 1.807) is 6.20 Å². The number of hydrogen-bond donors (Lipinski definition) is 0. The Kier molecular flexibility index (Phi) is 5.02. The summed E-state index contributed by atoms with van der Waals surface area (Å²) in [6, 6.07) is 11.3. The molecule has 0 radical (unpaired) electrons. The molecule has 0 bridgehead atoms. The minimum Gasteiger partial charge on any atom is -0.482 e. The van der Waals surface area contributed by atoms with Crippen molar-refractivity contribution in [2.75, 3.05) is 44.2 Å². The van der Waals surface area contributed by atoms with Crippen molar-refractivity contribution in [1.29, 1.82) is 0 Å². The van der Waals surface area contributed by atoms with Crippen molar-refractivity contribution >= 4 is 17.5 Å². The maximum Gasteiger partial charge on any atom is 0.265 e. The molecule has 7 heteroatoms. The molecule has 1 fully saturated rings. The summed E-state index contributed by atoms with van der Waals surface area (Å²) in [6.45, 7) is 3.83. The van der Waals surface area contributed by atoms with E-state index in [2.05, 4.69) is 16.0 Å². The topological polar surface area (TPSA) is 66.0 Å². The second-order valence-electron chi connectivity index (χ2n) is 6.75. The van der Waals surface area contributed by atoms with Gasteiger partial charge in [0.15, 0.2) is 6.61 Å². The summed E-state index contributed by atoms with van der Waals surface area (Å²) in [5.41, 5.74) is 1.84. The molecule has 0 unspecified atom stereocenters. The van der Waals surface area contributed by atoms with Crippen LogP contribution in [0.4, 0.5) is 5.69 Å². The number of ether oxygens (including phenoxy) is 1. The van der Waals surface area contributed by atoms with E-state index in [1.165, 1.54) is 10.5 Å². The molecular formula is C20H22N4O3. The first-order valence-corrected chi connectivity index (χ1v) is 9.12. The Morgan fingerprint density at radius 3 is 2.67 bits per heavy atom. The second-order valence-corrected chi connectivity index (χ2v) is 6.75. The number of benzene rings is 1. The molecular weight excluding hydrogens is 344 g/mol. The summed E-state index contributed by atoms with van der Waals surface area (Å²) in [5, 5.41) is 0. The third-order valence-corrected chi connectivity index (χ3v) is 4.96. The van der Waals surface area contributed by atoms with E-state index in [0.717, 1.165) is 19.6 Å². The smallest absolute Gasteiger partial charge is 0.265 e. The number of piperazine rings is 1. The third-order valence-electron chi connectivity index (χ3n) is 4.96. The lowest BCUT2D eigenvalue weighted by Gasteiger charge is -2.36. The number of hydrogen-bond acceptors (Lipinski definition) is 5. The molecule has 0 N–H and O–H groups in total. The molecule has 4 rings (SSSR count). The van der Waals surface area contributed by atoms with Gasteiger partial charge in [-0.3, -0.25) is 24.4 Å². The Bertz CT molecular complexity index is 819. The Morgan fingerprint density at radius 2 is 1.89 bits per heavy atom. The van der Waals surface area contributed by atoms with E-state index in [4.69, 9.17) is 4.74 Å². The fraction of sp³-hybridized carbons (Fsp3) is 0.350. The zero-order chi connectivity index (χ0) is 18.6. The van der Waals surface area contributed by atoms with Crippen LogP contribution in [0.2, 0.25) is 0 Å². The zero-order valence-corrected chi connectivity index (χ0v) is 15.1. The van der Waals surface area contributed by atoms with Gasteiger partial charge in [-0.1, -0.05) is 18.2 Å². The van der Waals surface area contributed by atoms with Gasteiger partial charge in [-0.05, 0) is 23.8 Å². The van der Waals surface area contributed by atoms with Crippen molar-refractivity contribution < 1.29 is 14.3 Å². The van der Waals surface area contributed by atoms with Crippen LogP contribution in [-0.4, -0.2) is 65.9 Å². The van der Waals surface area contributed by atoms with Gasteiger partial charge in [-0.2, -0.15) is 0 Å². The monoisotopic (exact) mass is 366 g/mol. The molecule has 27 heavy (non-hydrogen) atoms. The summed E-state index contributed by atoms with van der Waals surface area (Å²) in [6.07, 6.45) is 3.64. The van der Waals surface area contributed by atoms with Crippen LogP contribution in [0.3, 0.4) is 0 Å². The maximum atomic E-state index is 12.7. The molecule has 3 heterocycles. The van der Waals surface area contributed by atoms with Crippen molar-refractivity contribution in [2.45, 2.75) is 6.54 Å². The number of nitrogens with zero attached hydrogens (tertiary/aromatic N) is 4. The highest BCUT2D eigenvalue weighted by atomic mass is 16.5. The number of para-hydroxylation sites is 2. The molecule has 2 aliphatic rings. The average Bonchev–Trinajstić information content (AvgIpc) is 2.71. The number of carbonyl (C=O) groups is 2. The van der Waals surface area contributed by atoms with Gasteiger partial charge >= 0.3 is 0 Å². The molecule has 2 aromatic rings. The van der Waals surface area contributed by atoms with Crippen molar-refractivity contribution in [3.05, 3.63) is 54.4 Å². The van der Waals surface area contributed by atoms with Crippen molar-refractivity contribution in [2.24, 2.45) is 0 Å². The fourth-order valence-corrected chi connectivity index (χ4v) is 3.47. The predicted molar refractivity (Wildman–Crippen MR) is 100 cm³/mol. The average molecular weight is 366 g/mol. The fourth-order valence-electron chi connectivity index (χ4n) is 3.47. The first kappa shape index (κ1) is 17.5. The molecule has 0 saturated carbocycles. The molecule has 1 saturated heterocycles. The van der Waals surface area contributed by atoms with E-state index < -0.39 is 0 Å². The summed E-state index contributed by atoms with van der Waals surface area (Å²) in [7, 11) is 0. The number of fused-ring (bicyclic) bond motifs is 1. The van der Waals surface area contributed by atoms with Crippen LogP contribution in [0.15, 0.2) is 48.8 Å². The highest BCUT2D eigenvalue weighted by molar-refractivity contribution is 6.02. The Morgan fingerprint density at radius 1 is 1.07 bits per heavy atom. The molecule has 1 aromatic heterocycles. The largest absolute Gasteiger partial charge is 0.482 e. The maximum absolute atomic E-state index is 12.7. The Labute approximate surface area is 158 Å². The van der Waals surface area contributed by atoms with Crippen LogP contribution in [0, 0.1) is 0 Å². The van der Waals surface area contributed by atoms with Gasteiger partial charge in [0.25, 0.3) is 5.91 Å². The number of amides is 2. The Hall–Kier alpha value is -2.93. The number of carbonyl (C=O) groups excluding carboxylic acids is 2. The summed E-state index contributed by atoms with van der Waals surface area (Å²) in [4.78, 5) is 34.8. The number of rotatable bonds is 4. The lowest BCUT2D eigenvalue weighted by Crippen LogP contribution is -2.52. The van der Waals surface area contributed by atoms with Crippen molar-refractivity contribution in [3.8, 4) is 5.75 Å². The van der Waals surface area contributed by atoms with Crippen LogP contribution < -0.4 is 9.64 Å². The minimum absolute atomic E-state index is 0.0246. The molecule has 140 valence electrons. The minimum atomic E-state index is -0.183. The molecule has 7 nitrogen and oxygen atoms in total. The quantitative estimate of drug-likeness (QED) is 0.812. The summed E-state index contributed by atoms with van der Waals surface area (Å²) < 4.78 is 5.44. The van der Waals surface area contributed by atoms with Gasteiger partial charge in [0, 0.05) is 45.1 Å². The predicted octanol–water partition coefficient (Wildman–Crippen LogP) is 1.15. The third kappa shape index (κ3) is 3.93. The first-order valence-electron chi connectivity index (χ1n) is 9.12. The van der Waals surface area contributed by atoms with Crippen LogP contribution in [0.1, 0.15) is 5.56 Å². The molecule has 1 aromatic carbocycles. The van der Waals surface area contributed by atoms with Crippen LogP contribution in [0.5, 0.6) is 5.75 Å². The first-order chi connectivity index (χ1) is 13.2. The summed E-state index contributed by atoms with van der Waals surface area (Å²) in [5.74, 6) is 0.435. The molecule has 0 spiro atoms. The second kappa shape index (κ2) is 7.75. The van der Waals surface area contributed by atoms with Gasteiger partial charge in [-0.15, -0.1) is 0 Å². The van der Waals surface area contributed by atoms with Gasteiger partial charge in [0.1, 0.15) is 12.3 Å². The number of pyridine rings is 1. The van der Waals surface area contributed by atoms with Crippen LogP contribution in [0.25, 0.3) is 0 Å². The number of aromatic nitrogens is 1. The van der Waals surface area contributed by atoms with E-state index in [1.807, 2.05) is 41.4 Å². The zero-order valence-electron chi connectivity index (χ0n) is 15.1. The standard InChI is InChI=1S/C20H22N4O3/c25-19(14-24-17-5-1-2-6-18(17)27-15-20(24)26)23-10-8-22(9-11-23)13-16-4-3-7-21-12-16/h1-7,12H,8-11,13-15H2. The van der Waals surface area contributed by atoms with Gasteiger partial charge in [-0.25, -0.2) is 0 Å². The van der Waals surface area contributed by atoms with Crippen molar-refractivity contribution in [1.82, 2.24) is 14.8 Å². The van der Waals surface area contributed by atoms with Crippen molar-refractivity contribution in [3.63, 3.8) is 0 Å². The van der Waals surface area contributed by atoms with E-state index in [9.17, 15) is 9.59 Å². The lowest BCUT2D eigenvalue weighted by atomic mass is 10.2. The normalized spacial score (nSPS) is 17.4. The van der Waals surface area contributed by atoms with Gasteiger partial charge in [0.05, 0.1) is 5.69 Å². The van der Waals surface area contributed by atoms with Gasteiger partial charge < -0.3 is 9.64 Å². The molecule has 0 aliphatic carbocycles. The molecule has 2 amide bonds. The number of anilines is 1. The molecule has 0 atom stereocenters. The van der Waals surface area contributed by atoms with Crippen LogP contribution >= 0.6 is 0 Å². The van der Waals surface area contributed by atoms with E-state index >= 15 is 0 Å². The van der Waals surface area contributed by atoms with E-state index in [0.29, 0.717) is 24.5 Å². The van der Waals surface area contributed by atoms with E-state index in [-0.39, 0.29) is 25.0 Å². The lowest BCUT2D eigenvalue weighted by molar-refractivity contribution is -0.133. The summed E-state index contributed by atoms with van der Waals surface area (Å²) >= 11 is 0. The highest BCUT2D eigenvalue weighted by Crippen LogP contribution is 2.31. The van der Waals surface area contributed by atoms with Crippen LogP contribution in [-0.2, 0) is 16.1 Å². The Balaban J connectivity index is 1.34.